The number of anilines is 2. The molecule has 5 heteroatoms. The van der Waals surface area contributed by atoms with Gasteiger partial charge < -0.3 is 15.1 Å². The van der Waals surface area contributed by atoms with Gasteiger partial charge in [0.2, 0.25) is 5.91 Å². The molecule has 2 aromatic rings. The van der Waals surface area contributed by atoms with Crippen LogP contribution in [0.3, 0.4) is 0 Å². The van der Waals surface area contributed by atoms with Crippen molar-refractivity contribution >= 4 is 17.3 Å². The maximum absolute atomic E-state index is 12.4. The van der Waals surface area contributed by atoms with Gasteiger partial charge >= 0.3 is 0 Å². The first-order chi connectivity index (χ1) is 11.6. The Kier molecular flexibility index (Phi) is 4.99. The molecule has 1 unspecified atom stereocenters. The smallest absolute Gasteiger partial charge is 0.239 e. The highest BCUT2D eigenvalue weighted by Gasteiger charge is 2.23. The van der Waals surface area contributed by atoms with Gasteiger partial charge in [-0.05, 0) is 29.7 Å². The molecule has 1 atom stereocenters. The van der Waals surface area contributed by atoms with E-state index in [1.165, 1.54) is 5.69 Å². The van der Waals surface area contributed by atoms with Gasteiger partial charge in [-0.1, -0.05) is 25.1 Å². The van der Waals surface area contributed by atoms with Gasteiger partial charge in [-0.15, -0.1) is 0 Å². The van der Waals surface area contributed by atoms with Crippen molar-refractivity contribution in [3.8, 4) is 0 Å². The fourth-order valence-electron chi connectivity index (χ4n) is 3.23. The molecule has 0 spiro atoms. The van der Waals surface area contributed by atoms with Crippen molar-refractivity contribution in [2.75, 3.05) is 36.5 Å². The topological polar surface area (TPSA) is 48.5 Å². The summed E-state index contributed by atoms with van der Waals surface area (Å²) in [6, 6.07) is 12.1. The summed E-state index contributed by atoms with van der Waals surface area (Å²) < 4.78 is 0. The van der Waals surface area contributed by atoms with Gasteiger partial charge in [0.25, 0.3) is 0 Å². The first kappa shape index (κ1) is 16.3. The summed E-state index contributed by atoms with van der Waals surface area (Å²) in [6.07, 6.45) is 3.51. The molecule has 1 aliphatic heterocycles. The number of carbonyl (C=O) groups excluding carboxylic acids is 1. The van der Waals surface area contributed by atoms with Crippen molar-refractivity contribution in [3.63, 3.8) is 0 Å². The van der Waals surface area contributed by atoms with Gasteiger partial charge in [0.05, 0.1) is 17.9 Å². The van der Waals surface area contributed by atoms with E-state index in [1.807, 2.05) is 24.3 Å². The van der Waals surface area contributed by atoms with Crippen LogP contribution in [0.1, 0.15) is 12.5 Å². The van der Waals surface area contributed by atoms with Crippen molar-refractivity contribution < 1.29 is 4.79 Å². The van der Waals surface area contributed by atoms with Crippen LogP contribution in [0.2, 0.25) is 0 Å². The number of hydrogen-bond acceptors (Lipinski definition) is 4. The summed E-state index contributed by atoms with van der Waals surface area (Å²) in [5.41, 5.74) is 3.32. The molecule has 1 amide bonds. The largest absolute Gasteiger partial charge is 0.373 e. The zero-order valence-electron chi connectivity index (χ0n) is 14.3. The maximum Gasteiger partial charge on any atom is 0.239 e. The number of benzene rings is 1. The zero-order valence-corrected chi connectivity index (χ0v) is 14.3. The molecule has 0 saturated carbocycles. The summed E-state index contributed by atoms with van der Waals surface area (Å²) in [6.45, 7) is 4.97. The lowest BCUT2D eigenvalue weighted by molar-refractivity contribution is -0.119. The average molecular weight is 324 g/mol. The number of hydrogen-bond donors (Lipinski definition) is 1. The van der Waals surface area contributed by atoms with E-state index < -0.39 is 0 Å². The number of fused-ring (bicyclic) bond motifs is 1. The monoisotopic (exact) mass is 324 g/mol. The lowest BCUT2D eigenvalue weighted by atomic mass is 10.1. The van der Waals surface area contributed by atoms with Crippen molar-refractivity contribution in [3.05, 3.63) is 54.4 Å². The van der Waals surface area contributed by atoms with E-state index in [0.717, 1.165) is 24.3 Å². The molecule has 1 N–H and O–H groups in total. The van der Waals surface area contributed by atoms with Crippen LogP contribution in [0, 0.1) is 5.92 Å². The molecule has 24 heavy (non-hydrogen) atoms. The lowest BCUT2D eigenvalue weighted by Gasteiger charge is -2.25. The molecule has 0 bridgehead atoms. The Morgan fingerprint density at radius 1 is 1.21 bits per heavy atom. The SMILES string of the molecule is CC1CN(C)c2ccccc2N(CC(=O)NCc2cccnc2)C1. The Morgan fingerprint density at radius 3 is 2.75 bits per heavy atom. The van der Waals surface area contributed by atoms with Crippen LogP contribution in [-0.2, 0) is 11.3 Å². The number of para-hydroxylation sites is 2. The second-order valence-corrected chi connectivity index (χ2v) is 6.49. The minimum Gasteiger partial charge on any atom is -0.373 e. The minimum absolute atomic E-state index is 0.0328. The standard InChI is InChI=1S/C19H24N4O/c1-15-12-22(2)17-7-3-4-8-18(17)23(13-15)14-19(24)21-11-16-6-5-9-20-10-16/h3-10,15H,11-14H2,1-2H3,(H,21,24). The quantitative estimate of drug-likeness (QED) is 0.937. The van der Waals surface area contributed by atoms with Crippen LogP contribution in [-0.4, -0.2) is 37.6 Å². The van der Waals surface area contributed by atoms with Crippen LogP contribution in [0.5, 0.6) is 0 Å². The Balaban J connectivity index is 1.68. The average Bonchev–Trinajstić information content (AvgIpc) is 2.71. The molecule has 3 rings (SSSR count). The second kappa shape index (κ2) is 7.34. The van der Waals surface area contributed by atoms with Crippen molar-refractivity contribution in [1.29, 1.82) is 0 Å². The fourth-order valence-corrected chi connectivity index (χ4v) is 3.23. The molecule has 5 nitrogen and oxygen atoms in total. The minimum atomic E-state index is 0.0328. The van der Waals surface area contributed by atoms with Crippen LogP contribution < -0.4 is 15.1 Å². The molecular formula is C19H24N4O. The normalized spacial score (nSPS) is 17.2. The molecule has 0 saturated heterocycles. The van der Waals surface area contributed by atoms with E-state index in [2.05, 4.69) is 46.2 Å². The Hall–Kier alpha value is -2.56. The summed E-state index contributed by atoms with van der Waals surface area (Å²) >= 11 is 0. The number of pyridine rings is 1. The molecule has 0 aliphatic carbocycles. The van der Waals surface area contributed by atoms with Crippen molar-refractivity contribution in [2.45, 2.75) is 13.5 Å². The highest BCUT2D eigenvalue weighted by atomic mass is 16.2. The Bertz CT molecular complexity index is 689. The third-order valence-electron chi connectivity index (χ3n) is 4.30. The van der Waals surface area contributed by atoms with Gasteiger partial charge in [0.1, 0.15) is 0 Å². The Labute approximate surface area is 143 Å². The van der Waals surface area contributed by atoms with Gasteiger partial charge in [-0.25, -0.2) is 0 Å². The third-order valence-corrected chi connectivity index (χ3v) is 4.30. The summed E-state index contributed by atoms with van der Waals surface area (Å²) in [4.78, 5) is 20.9. The van der Waals surface area contributed by atoms with E-state index in [4.69, 9.17) is 0 Å². The number of carbonyl (C=O) groups is 1. The first-order valence-corrected chi connectivity index (χ1v) is 8.34. The number of amides is 1. The molecular weight excluding hydrogens is 300 g/mol. The second-order valence-electron chi connectivity index (χ2n) is 6.49. The highest BCUT2D eigenvalue weighted by Crippen LogP contribution is 2.32. The number of nitrogens with zero attached hydrogens (tertiary/aromatic N) is 3. The summed E-state index contributed by atoms with van der Waals surface area (Å²) in [5, 5.41) is 2.99. The number of rotatable bonds is 4. The van der Waals surface area contributed by atoms with E-state index in [1.54, 1.807) is 12.4 Å². The highest BCUT2D eigenvalue weighted by molar-refractivity contribution is 5.84. The van der Waals surface area contributed by atoms with E-state index in [0.29, 0.717) is 19.0 Å². The van der Waals surface area contributed by atoms with E-state index in [9.17, 15) is 4.79 Å². The third kappa shape index (κ3) is 3.85. The fraction of sp³-hybridized carbons (Fsp3) is 0.368. The zero-order chi connectivity index (χ0) is 16.9. The first-order valence-electron chi connectivity index (χ1n) is 8.34. The van der Waals surface area contributed by atoms with Crippen LogP contribution in [0.25, 0.3) is 0 Å². The van der Waals surface area contributed by atoms with Crippen molar-refractivity contribution in [2.24, 2.45) is 5.92 Å². The predicted molar refractivity (Wildman–Crippen MR) is 97.2 cm³/mol. The predicted octanol–water partition coefficient (Wildman–Crippen LogP) is 2.29. The van der Waals surface area contributed by atoms with Crippen LogP contribution in [0.4, 0.5) is 11.4 Å². The van der Waals surface area contributed by atoms with Gasteiger partial charge in [0.15, 0.2) is 0 Å². The van der Waals surface area contributed by atoms with E-state index >= 15 is 0 Å². The summed E-state index contributed by atoms with van der Waals surface area (Å²) in [7, 11) is 2.11. The Morgan fingerprint density at radius 2 is 2.00 bits per heavy atom. The maximum atomic E-state index is 12.4. The van der Waals surface area contributed by atoms with Gasteiger partial charge in [-0.2, -0.15) is 0 Å². The van der Waals surface area contributed by atoms with E-state index in [-0.39, 0.29) is 5.91 Å². The number of nitrogens with one attached hydrogen (secondary N) is 1. The molecule has 2 heterocycles. The molecule has 1 aliphatic rings. The van der Waals surface area contributed by atoms with Gasteiger partial charge in [0, 0.05) is 39.1 Å². The van der Waals surface area contributed by atoms with Crippen LogP contribution in [0.15, 0.2) is 48.8 Å². The molecule has 0 fully saturated rings. The molecule has 1 aromatic heterocycles. The molecule has 1 aromatic carbocycles. The number of aromatic nitrogens is 1. The van der Waals surface area contributed by atoms with Gasteiger partial charge in [-0.3, -0.25) is 9.78 Å². The lowest BCUT2D eigenvalue weighted by Crippen LogP contribution is -2.39. The van der Waals surface area contributed by atoms with Crippen LogP contribution >= 0.6 is 0 Å². The molecule has 126 valence electrons. The summed E-state index contributed by atoms with van der Waals surface area (Å²) in [5.74, 6) is 0.527. The van der Waals surface area contributed by atoms with Crippen molar-refractivity contribution in [1.82, 2.24) is 10.3 Å². The molecule has 0 radical (unpaired) electrons.